The minimum atomic E-state index is -0.185. The minimum Gasteiger partial charge on any atom is -0.469 e. The third kappa shape index (κ3) is 8.83. The van der Waals surface area contributed by atoms with Gasteiger partial charge in [0.1, 0.15) is 0 Å². The number of benzene rings is 1. The fourth-order valence-electron chi connectivity index (χ4n) is 3.65. The van der Waals surface area contributed by atoms with Crippen LogP contribution >= 0.6 is 0 Å². The number of methoxy groups -OCH3 is 1. The second-order valence-corrected chi connectivity index (χ2v) is 7.73. The average Bonchev–Trinajstić information content (AvgIpc) is 2.67. The van der Waals surface area contributed by atoms with Crippen molar-refractivity contribution in [3.05, 3.63) is 29.8 Å². The van der Waals surface area contributed by atoms with Gasteiger partial charge in [0.25, 0.3) is 0 Å². The van der Waals surface area contributed by atoms with Crippen molar-refractivity contribution >= 4 is 17.7 Å². The molecule has 7 nitrogen and oxygen atoms in total. The third-order valence-electron chi connectivity index (χ3n) is 4.98. The second kappa shape index (κ2) is 12.4. The topological polar surface area (TPSA) is 79.9 Å². The zero-order valence-corrected chi connectivity index (χ0v) is 17.9. The highest BCUT2D eigenvalue weighted by molar-refractivity contribution is 5.90. The molecule has 0 unspecified atom stereocenters. The van der Waals surface area contributed by atoms with Crippen LogP contribution in [-0.4, -0.2) is 55.9 Å². The number of amides is 2. The molecular formula is C22H35N3O4. The summed E-state index contributed by atoms with van der Waals surface area (Å²) in [6.07, 6.45) is 4.54. The van der Waals surface area contributed by atoms with Gasteiger partial charge >= 0.3 is 12.0 Å². The normalized spacial score (nSPS) is 19.6. The van der Waals surface area contributed by atoms with Crippen molar-refractivity contribution < 1.29 is 19.1 Å². The lowest BCUT2D eigenvalue weighted by Crippen LogP contribution is -2.45. The maximum atomic E-state index is 12.3. The van der Waals surface area contributed by atoms with E-state index < -0.39 is 0 Å². The van der Waals surface area contributed by atoms with Gasteiger partial charge in [0.15, 0.2) is 0 Å². The number of nitrogens with one attached hydrogen (secondary N) is 2. The van der Waals surface area contributed by atoms with E-state index in [1.807, 2.05) is 18.2 Å². The number of para-hydroxylation sites is 1. The number of carbonyl (C=O) groups excluding carboxylic acids is 2. The van der Waals surface area contributed by atoms with Crippen LogP contribution in [0.3, 0.4) is 0 Å². The molecule has 1 aliphatic heterocycles. The molecule has 7 heteroatoms. The van der Waals surface area contributed by atoms with E-state index in [9.17, 15) is 9.59 Å². The van der Waals surface area contributed by atoms with Crippen molar-refractivity contribution in [3.8, 4) is 0 Å². The molecule has 2 amide bonds. The molecule has 2 rings (SSSR count). The number of nitrogens with zero attached hydrogens (tertiary/aromatic N) is 1. The summed E-state index contributed by atoms with van der Waals surface area (Å²) < 4.78 is 10.4. The van der Waals surface area contributed by atoms with E-state index >= 15 is 0 Å². The Hall–Kier alpha value is -2.12. The molecule has 1 saturated heterocycles. The first-order valence-corrected chi connectivity index (χ1v) is 10.5. The quantitative estimate of drug-likeness (QED) is 0.460. The summed E-state index contributed by atoms with van der Waals surface area (Å²) in [5.41, 5.74) is 1.95. The van der Waals surface area contributed by atoms with Gasteiger partial charge in [0, 0.05) is 38.3 Å². The standard InChI is InChI=1S/C22H35N3O4/c1-17-14-25(15-18(2)29-17)16-19-10-7-8-11-20(19)24-22(27)23-13-9-5-4-6-12-21(26)28-3/h7-8,10-11,17-18H,4-6,9,12-16H2,1-3H3,(H2,23,24,27)/t17-,18+. The Labute approximate surface area is 174 Å². The molecular weight excluding hydrogens is 370 g/mol. The fraction of sp³-hybridized carbons (Fsp3) is 0.636. The van der Waals surface area contributed by atoms with E-state index in [2.05, 4.69) is 40.2 Å². The maximum Gasteiger partial charge on any atom is 0.319 e. The molecule has 0 bridgehead atoms. The first-order valence-electron chi connectivity index (χ1n) is 10.5. The number of anilines is 1. The van der Waals surface area contributed by atoms with Gasteiger partial charge in [-0.3, -0.25) is 9.69 Å². The molecule has 1 fully saturated rings. The smallest absolute Gasteiger partial charge is 0.319 e. The molecule has 162 valence electrons. The van der Waals surface area contributed by atoms with Crippen LogP contribution in [0.4, 0.5) is 10.5 Å². The summed E-state index contributed by atoms with van der Waals surface area (Å²) >= 11 is 0. The van der Waals surface area contributed by atoms with Crippen LogP contribution < -0.4 is 10.6 Å². The predicted octanol–water partition coefficient (Wildman–Crippen LogP) is 3.54. The van der Waals surface area contributed by atoms with Gasteiger partial charge in [-0.15, -0.1) is 0 Å². The summed E-state index contributed by atoms with van der Waals surface area (Å²) in [7, 11) is 1.41. The molecule has 1 aromatic carbocycles. The summed E-state index contributed by atoms with van der Waals surface area (Å²) in [6.45, 7) is 7.37. The van der Waals surface area contributed by atoms with Gasteiger partial charge in [-0.1, -0.05) is 31.0 Å². The summed E-state index contributed by atoms with van der Waals surface area (Å²) in [5, 5.41) is 5.89. The molecule has 1 aliphatic rings. The van der Waals surface area contributed by atoms with Crippen molar-refractivity contribution in [1.82, 2.24) is 10.2 Å². The first kappa shape index (κ1) is 23.2. The Morgan fingerprint density at radius 1 is 1.10 bits per heavy atom. The maximum absolute atomic E-state index is 12.3. The van der Waals surface area contributed by atoms with Gasteiger partial charge in [0.2, 0.25) is 0 Å². The third-order valence-corrected chi connectivity index (χ3v) is 4.98. The number of hydrogen-bond donors (Lipinski definition) is 2. The molecule has 1 aromatic rings. The second-order valence-electron chi connectivity index (χ2n) is 7.73. The number of hydrogen-bond acceptors (Lipinski definition) is 5. The number of urea groups is 1. The van der Waals surface area contributed by atoms with E-state index in [1.54, 1.807) is 0 Å². The highest BCUT2D eigenvalue weighted by atomic mass is 16.5. The molecule has 0 radical (unpaired) electrons. The Bertz CT molecular complexity index is 643. The molecule has 1 heterocycles. The molecule has 2 atom stereocenters. The molecule has 0 saturated carbocycles. The monoisotopic (exact) mass is 405 g/mol. The molecule has 0 aromatic heterocycles. The molecule has 29 heavy (non-hydrogen) atoms. The van der Waals surface area contributed by atoms with E-state index in [1.165, 1.54) is 7.11 Å². The molecule has 0 spiro atoms. The van der Waals surface area contributed by atoms with Crippen molar-refractivity contribution in [2.24, 2.45) is 0 Å². The minimum absolute atomic E-state index is 0.165. The van der Waals surface area contributed by atoms with Crippen LogP contribution in [0.25, 0.3) is 0 Å². The number of ether oxygens (including phenoxy) is 2. The number of carbonyl (C=O) groups is 2. The van der Waals surface area contributed by atoms with E-state index in [-0.39, 0.29) is 24.2 Å². The number of morpholine rings is 1. The lowest BCUT2D eigenvalue weighted by molar-refractivity contribution is -0.140. The lowest BCUT2D eigenvalue weighted by Gasteiger charge is -2.35. The van der Waals surface area contributed by atoms with Crippen LogP contribution in [0.15, 0.2) is 24.3 Å². The van der Waals surface area contributed by atoms with Crippen molar-refractivity contribution in [3.63, 3.8) is 0 Å². The Kier molecular flexibility index (Phi) is 9.94. The summed E-state index contributed by atoms with van der Waals surface area (Å²) in [5.74, 6) is -0.165. The van der Waals surface area contributed by atoms with Gasteiger partial charge in [-0.05, 0) is 38.3 Å². The summed E-state index contributed by atoms with van der Waals surface area (Å²) in [6, 6.07) is 7.75. The SMILES string of the molecule is COC(=O)CCCCCCNC(=O)Nc1ccccc1CN1C[C@@H](C)O[C@@H](C)C1. The Morgan fingerprint density at radius 2 is 1.79 bits per heavy atom. The van der Waals surface area contributed by atoms with Gasteiger partial charge in [0.05, 0.1) is 19.3 Å². The Morgan fingerprint density at radius 3 is 2.52 bits per heavy atom. The van der Waals surface area contributed by atoms with Gasteiger partial charge < -0.3 is 20.1 Å². The van der Waals surface area contributed by atoms with Crippen LogP contribution in [0.5, 0.6) is 0 Å². The molecule has 2 N–H and O–H groups in total. The zero-order valence-electron chi connectivity index (χ0n) is 17.9. The summed E-state index contributed by atoms with van der Waals surface area (Å²) in [4.78, 5) is 25.7. The van der Waals surface area contributed by atoms with Crippen molar-refractivity contribution in [2.75, 3.05) is 32.1 Å². The van der Waals surface area contributed by atoms with Gasteiger partial charge in [-0.25, -0.2) is 4.79 Å². The molecule has 0 aliphatic carbocycles. The number of unbranched alkanes of at least 4 members (excludes halogenated alkanes) is 3. The van der Waals surface area contributed by atoms with E-state index in [0.29, 0.717) is 13.0 Å². The zero-order chi connectivity index (χ0) is 21.1. The van der Waals surface area contributed by atoms with Crippen molar-refractivity contribution in [2.45, 2.75) is 64.7 Å². The lowest BCUT2D eigenvalue weighted by atomic mass is 10.1. The number of esters is 1. The number of rotatable bonds is 10. The Balaban J connectivity index is 1.71. The van der Waals surface area contributed by atoms with Crippen LogP contribution in [-0.2, 0) is 20.8 Å². The van der Waals surface area contributed by atoms with Crippen molar-refractivity contribution in [1.29, 1.82) is 0 Å². The highest BCUT2D eigenvalue weighted by Crippen LogP contribution is 2.20. The van der Waals surface area contributed by atoms with Gasteiger partial charge in [-0.2, -0.15) is 0 Å². The van der Waals surface area contributed by atoms with Crippen LogP contribution in [0, 0.1) is 0 Å². The fourth-order valence-corrected chi connectivity index (χ4v) is 3.65. The van der Waals surface area contributed by atoms with Crippen LogP contribution in [0.1, 0.15) is 51.5 Å². The first-order chi connectivity index (χ1) is 14.0. The van der Waals surface area contributed by atoms with Crippen LogP contribution in [0.2, 0.25) is 0 Å². The highest BCUT2D eigenvalue weighted by Gasteiger charge is 2.22. The largest absolute Gasteiger partial charge is 0.469 e. The predicted molar refractivity (Wildman–Crippen MR) is 114 cm³/mol. The van der Waals surface area contributed by atoms with E-state index in [4.69, 9.17) is 4.74 Å². The van der Waals surface area contributed by atoms with E-state index in [0.717, 1.165) is 56.6 Å². The average molecular weight is 406 g/mol.